The van der Waals surface area contributed by atoms with Gasteiger partial charge in [-0.05, 0) is 49.1 Å². The van der Waals surface area contributed by atoms with E-state index in [1.54, 1.807) is 6.07 Å². The zero-order valence-corrected chi connectivity index (χ0v) is 14.7. The van der Waals surface area contributed by atoms with Crippen molar-refractivity contribution >= 4 is 34.0 Å². The highest BCUT2D eigenvalue weighted by Crippen LogP contribution is 2.32. The monoisotopic (exact) mass is 348 g/mol. The summed E-state index contributed by atoms with van der Waals surface area (Å²) in [6.07, 6.45) is 0. The van der Waals surface area contributed by atoms with Crippen LogP contribution in [0, 0.1) is 13.8 Å². The van der Waals surface area contributed by atoms with Crippen molar-refractivity contribution in [3.63, 3.8) is 0 Å². The number of hydrogen-bond donors (Lipinski definition) is 1. The lowest BCUT2D eigenvalue weighted by Gasteiger charge is -2.09. The van der Waals surface area contributed by atoms with Gasteiger partial charge < -0.3 is 9.73 Å². The molecule has 0 aliphatic carbocycles. The average Bonchev–Trinajstić information content (AvgIpc) is 3.26. The molecule has 0 radical (unpaired) electrons. The summed E-state index contributed by atoms with van der Waals surface area (Å²) in [7, 11) is 0. The van der Waals surface area contributed by atoms with Crippen LogP contribution in [0.5, 0.6) is 0 Å². The number of nitrogens with zero attached hydrogens (tertiary/aromatic N) is 1. The van der Waals surface area contributed by atoms with Gasteiger partial charge in [0.05, 0.1) is 16.1 Å². The van der Waals surface area contributed by atoms with E-state index in [0.29, 0.717) is 16.5 Å². The first-order chi connectivity index (χ1) is 12.1. The molecule has 2 aromatic heterocycles. The molecule has 0 saturated heterocycles. The van der Waals surface area contributed by atoms with Gasteiger partial charge in [0.2, 0.25) is 5.89 Å². The topological polar surface area (TPSA) is 55.1 Å². The fourth-order valence-electron chi connectivity index (χ4n) is 2.74. The van der Waals surface area contributed by atoms with Crippen molar-refractivity contribution < 1.29 is 9.21 Å². The Labute approximate surface area is 149 Å². The predicted octanol–water partition coefficient (Wildman–Crippen LogP) is 5.43. The van der Waals surface area contributed by atoms with Gasteiger partial charge >= 0.3 is 0 Å². The third-order valence-electron chi connectivity index (χ3n) is 4.02. The van der Waals surface area contributed by atoms with Crippen LogP contribution in [0.2, 0.25) is 0 Å². The largest absolute Gasteiger partial charge is 0.436 e. The highest BCUT2D eigenvalue weighted by molar-refractivity contribution is 7.12. The minimum atomic E-state index is -0.132. The number of amides is 1. The zero-order chi connectivity index (χ0) is 17.4. The molecule has 2 heterocycles. The molecule has 0 aliphatic heterocycles. The minimum Gasteiger partial charge on any atom is -0.436 e. The van der Waals surface area contributed by atoms with Crippen LogP contribution in [0.4, 0.5) is 5.69 Å². The Bertz CT molecular complexity index is 1060. The number of carbonyl (C=O) groups is 1. The Kier molecular flexibility index (Phi) is 3.86. The summed E-state index contributed by atoms with van der Waals surface area (Å²) < 4.78 is 5.94. The van der Waals surface area contributed by atoms with Crippen LogP contribution in [0.1, 0.15) is 20.8 Å². The van der Waals surface area contributed by atoms with Crippen molar-refractivity contribution in [2.24, 2.45) is 0 Å². The van der Waals surface area contributed by atoms with Crippen molar-refractivity contribution in [1.29, 1.82) is 0 Å². The average molecular weight is 348 g/mol. The Morgan fingerprint density at radius 1 is 1.12 bits per heavy atom. The standard InChI is InChI=1S/C20H16N2O2S/c1-12-8-9-15(21-19(23)17-7-4-10-25-17)14(11-12)20-22-18-13(2)5-3-6-16(18)24-20/h3-11H,1-2H3,(H,21,23). The lowest BCUT2D eigenvalue weighted by molar-refractivity contribution is 0.103. The van der Waals surface area contributed by atoms with Crippen LogP contribution in [0.25, 0.3) is 22.6 Å². The summed E-state index contributed by atoms with van der Waals surface area (Å²) in [5.41, 5.74) is 5.18. The smallest absolute Gasteiger partial charge is 0.265 e. The molecule has 25 heavy (non-hydrogen) atoms. The van der Waals surface area contributed by atoms with Gasteiger partial charge in [-0.25, -0.2) is 4.98 Å². The number of para-hydroxylation sites is 1. The van der Waals surface area contributed by atoms with Crippen LogP contribution in [-0.4, -0.2) is 10.9 Å². The minimum absolute atomic E-state index is 0.132. The van der Waals surface area contributed by atoms with E-state index in [0.717, 1.165) is 27.8 Å². The van der Waals surface area contributed by atoms with Crippen LogP contribution < -0.4 is 5.32 Å². The Balaban J connectivity index is 1.79. The number of aromatic nitrogens is 1. The molecule has 2 aromatic carbocycles. The molecule has 4 aromatic rings. The predicted molar refractivity (Wildman–Crippen MR) is 101 cm³/mol. The van der Waals surface area contributed by atoms with E-state index in [-0.39, 0.29) is 5.91 Å². The maximum atomic E-state index is 12.4. The van der Waals surface area contributed by atoms with E-state index in [2.05, 4.69) is 10.3 Å². The number of aryl methyl sites for hydroxylation is 2. The summed E-state index contributed by atoms with van der Waals surface area (Å²) in [6.45, 7) is 4.01. The van der Waals surface area contributed by atoms with Crippen LogP contribution in [0.15, 0.2) is 58.3 Å². The summed E-state index contributed by atoms with van der Waals surface area (Å²) in [5.74, 6) is 0.377. The van der Waals surface area contributed by atoms with Gasteiger partial charge in [-0.3, -0.25) is 4.79 Å². The molecule has 0 fully saturated rings. The first-order valence-electron chi connectivity index (χ1n) is 7.94. The molecule has 1 amide bonds. The number of oxazole rings is 1. The summed E-state index contributed by atoms with van der Waals surface area (Å²) in [5, 5.41) is 4.85. The van der Waals surface area contributed by atoms with Gasteiger partial charge in [0.15, 0.2) is 5.58 Å². The molecule has 5 heteroatoms. The molecule has 124 valence electrons. The Hall–Kier alpha value is -2.92. The third kappa shape index (κ3) is 2.94. The van der Waals surface area contributed by atoms with Crippen molar-refractivity contribution in [1.82, 2.24) is 4.98 Å². The van der Waals surface area contributed by atoms with Crippen molar-refractivity contribution in [3.8, 4) is 11.5 Å². The van der Waals surface area contributed by atoms with E-state index >= 15 is 0 Å². The summed E-state index contributed by atoms with van der Waals surface area (Å²) in [4.78, 5) is 17.7. The van der Waals surface area contributed by atoms with Crippen LogP contribution in [0.3, 0.4) is 0 Å². The number of anilines is 1. The molecule has 0 aliphatic rings. The highest BCUT2D eigenvalue weighted by atomic mass is 32.1. The van der Waals surface area contributed by atoms with Crippen LogP contribution >= 0.6 is 11.3 Å². The zero-order valence-electron chi connectivity index (χ0n) is 13.9. The number of nitrogens with one attached hydrogen (secondary N) is 1. The SMILES string of the molecule is Cc1ccc(NC(=O)c2cccs2)c(-c2nc3c(C)cccc3o2)c1. The van der Waals surface area contributed by atoms with E-state index in [1.807, 2.05) is 61.7 Å². The number of rotatable bonds is 3. The van der Waals surface area contributed by atoms with Gasteiger partial charge in [-0.2, -0.15) is 0 Å². The molecule has 0 bridgehead atoms. The van der Waals surface area contributed by atoms with Crippen molar-refractivity contribution in [2.45, 2.75) is 13.8 Å². The molecule has 0 spiro atoms. The molecule has 0 saturated carbocycles. The summed E-state index contributed by atoms with van der Waals surface area (Å²) in [6, 6.07) is 15.3. The second-order valence-electron chi connectivity index (χ2n) is 5.92. The second kappa shape index (κ2) is 6.18. The number of hydrogen-bond acceptors (Lipinski definition) is 4. The van der Waals surface area contributed by atoms with E-state index < -0.39 is 0 Å². The second-order valence-corrected chi connectivity index (χ2v) is 6.87. The number of carbonyl (C=O) groups excluding carboxylic acids is 1. The molecule has 0 unspecified atom stereocenters. The summed E-state index contributed by atoms with van der Waals surface area (Å²) >= 11 is 1.41. The maximum Gasteiger partial charge on any atom is 0.265 e. The fraction of sp³-hybridized carbons (Fsp3) is 0.100. The van der Waals surface area contributed by atoms with Gasteiger partial charge in [0, 0.05) is 0 Å². The lowest BCUT2D eigenvalue weighted by Crippen LogP contribution is -2.11. The van der Waals surface area contributed by atoms with Gasteiger partial charge in [-0.1, -0.05) is 29.8 Å². The van der Waals surface area contributed by atoms with E-state index in [4.69, 9.17) is 4.42 Å². The first-order valence-corrected chi connectivity index (χ1v) is 8.82. The number of fused-ring (bicyclic) bond motifs is 1. The molecular formula is C20H16N2O2S. The maximum absolute atomic E-state index is 12.4. The van der Waals surface area contributed by atoms with E-state index in [9.17, 15) is 4.79 Å². The first kappa shape index (κ1) is 15.6. The van der Waals surface area contributed by atoms with Gasteiger partial charge in [0.1, 0.15) is 5.52 Å². The molecule has 0 atom stereocenters. The Morgan fingerprint density at radius 2 is 2.00 bits per heavy atom. The molecular weight excluding hydrogens is 332 g/mol. The molecule has 4 rings (SSSR count). The van der Waals surface area contributed by atoms with Crippen molar-refractivity contribution in [2.75, 3.05) is 5.32 Å². The Morgan fingerprint density at radius 3 is 2.76 bits per heavy atom. The van der Waals surface area contributed by atoms with Gasteiger partial charge in [-0.15, -0.1) is 11.3 Å². The molecule has 1 N–H and O–H groups in total. The van der Waals surface area contributed by atoms with Crippen molar-refractivity contribution in [3.05, 3.63) is 69.9 Å². The quantitative estimate of drug-likeness (QED) is 0.537. The number of benzene rings is 2. The van der Waals surface area contributed by atoms with Crippen LogP contribution in [-0.2, 0) is 0 Å². The third-order valence-corrected chi connectivity index (χ3v) is 4.89. The van der Waals surface area contributed by atoms with E-state index in [1.165, 1.54) is 11.3 Å². The molecule has 4 nitrogen and oxygen atoms in total. The van der Waals surface area contributed by atoms with Gasteiger partial charge in [0.25, 0.3) is 5.91 Å². The normalized spacial score (nSPS) is 11.0. The highest BCUT2D eigenvalue weighted by Gasteiger charge is 2.16. The number of thiophene rings is 1. The fourth-order valence-corrected chi connectivity index (χ4v) is 3.36. The lowest BCUT2D eigenvalue weighted by atomic mass is 10.1.